The number of benzene rings is 1. The van der Waals surface area contributed by atoms with E-state index in [9.17, 15) is 19.7 Å². The van der Waals surface area contributed by atoms with Crippen molar-refractivity contribution in [1.29, 1.82) is 5.26 Å². The first-order chi connectivity index (χ1) is 11.9. The Hall–Kier alpha value is -3.45. The van der Waals surface area contributed by atoms with Gasteiger partial charge in [-0.3, -0.25) is 19.8 Å². The highest BCUT2D eigenvalue weighted by Gasteiger charge is 2.17. The summed E-state index contributed by atoms with van der Waals surface area (Å²) in [5, 5.41) is 22.2. The number of nitrogens with two attached hydrogens (primary N) is 1. The number of ether oxygens (including phenoxy) is 1. The second-order valence-corrected chi connectivity index (χ2v) is 4.59. The Morgan fingerprint density at radius 2 is 2.08 bits per heavy atom. The van der Waals surface area contributed by atoms with Gasteiger partial charge in [0.1, 0.15) is 11.6 Å². The summed E-state index contributed by atoms with van der Waals surface area (Å²) in [6.45, 7) is 1.92. The van der Waals surface area contributed by atoms with Crippen molar-refractivity contribution in [2.45, 2.75) is 6.92 Å². The molecule has 1 aromatic carbocycles. The average Bonchev–Trinajstić information content (AvgIpc) is 2.59. The molecule has 0 bridgehead atoms. The van der Waals surface area contributed by atoms with E-state index >= 15 is 0 Å². The number of hydrogen-bond donors (Lipinski definition) is 2. The van der Waals surface area contributed by atoms with Crippen molar-refractivity contribution >= 4 is 23.4 Å². The molecule has 0 radical (unpaired) electrons. The van der Waals surface area contributed by atoms with Gasteiger partial charge in [0.25, 0.3) is 11.6 Å². The third-order valence-electron chi connectivity index (χ3n) is 2.86. The van der Waals surface area contributed by atoms with Gasteiger partial charge in [0.15, 0.2) is 0 Å². The molecular weight excluding hydrogens is 330 g/mol. The molecule has 0 aromatic heterocycles. The topological polar surface area (TPSA) is 152 Å². The van der Waals surface area contributed by atoms with Crippen LogP contribution in [0, 0.1) is 21.4 Å². The van der Waals surface area contributed by atoms with Crippen LogP contribution in [0.2, 0.25) is 0 Å². The Balaban J connectivity index is 2.92. The minimum Gasteiger partial charge on any atom is -0.449 e. The minimum atomic E-state index is -0.775. The maximum atomic E-state index is 12.1. The van der Waals surface area contributed by atoms with Crippen LogP contribution in [0.4, 0.5) is 16.2 Å². The molecule has 0 aliphatic rings. The molecule has 0 spiro atoms. The molecule has 10 heteroatoms. The van der Waals surface area contributed by atoms with Crippen LogP contribution < -0.4 is 11.1 Å². The highest BCUT2D eigenvalue weighted by Crippen LogP contribution is 2.16. The van der Waals surface area contributed by atoms with E-state index in [1.165, 1.54) is 24.3 Å². The van der Waals surface area contributed by atoms with Gasteiger partial charge in [-0.05, 0) is 19.1 Å². The van der Waals surface area contributed by atoms with Crippen LogP contribution in [-0.4, -0.2) is 41.5 Å². The van der Waals surface area contributed by atoms with Gasteiger partial charge in [-0.1, -0.05) is 0 Å². The number of nitrogens with zero attached hydrogens (tertiary/aromatic N) is 3. The third-order valence-corrected chi connectivity index (χ3v) is 2.86. The maximum Gasteiger partial charge on any atom is 0.413 e. The summed E-state index contributed by atoms with van der Waals surface area (Å²) in [4.78, 5) is 34.9. The van der Waals surface area contributed by atoms with Crippen LogP contribution in [0.5, 0.6) is 0 Å². The van der Waals surface area contributed by atoms with Crippen molar-refractivity contribution in [2.24, 2.45) is 5.73 Å². The van der Waals surface area contributed by atoms with Crippen LogP contribution in [0.25, 0.3) is 0 Å². The van der Waals surface area contributed by atoms with Gasteiger partial charge in [-0.2, -0.15) is 5.26 Å². The second-order valence-electron chi connectivity index (χ2n) is 4.59. The van der Waals surface area contributed by atoms with Crippen LogP contribution in [-0.2, 0) is 9.53 Å². The van der Waals surface area contributed by atoms with Crippen molar-refractivity contribution in [3.05, 3.63) is 46.2 Å². The largest absolute Gasteiger partial charge is 0.449 e. The predicted octanol–water partition coefficient (Wildman–Crippen LogP) is 1.36. The SMILES string of the molecule is CCOC(=O)N(/C=C(/C#N)C(=O)Nc1ccc([N+](=O)[O-])cc1)CCN. The normalized spacial score (nSPS) is 10.5. The molecule has 0 aliphatic heterocycles. The van der Waals surface area contributed by atoms with Crippen molar-refractivity contribution in [1.82, 2.24) is 4.90 Å². The number of carbonyl (C=O) groups excluding carboxylic acids is 2. The number of nitrogens with one attached hydrogen (secondary N) is 1. The second kappa shape index (κ2) is 9.64. The van der Waals surface area contributed by atoms with E-state index in [4.69, 9.17) is 15.7 Å². The van der Waals surface area contributed by atoms with E-state index < -0.39 is 16.9 Å². The van der Waals surface area contributed by atoms with E-state index in [1.54, 1.807) is 13.0 Å². The number of amides is 2. The highest BCUT2D eigenvalue weighted by molar-refractivity contribution is 6.06. The molecule has 0 saturated heterocycles. The molecule has 1 rings (SSSR count). The van der Waals surface area contributed by atoms with Crippen LogP contribution in [0.1, 0.15) is 6.92 Å². The molecule has 10 nitrogen and oxygen atoms in total. The van der Waals surface area contributed by atoms with E-state index in [1.807, 2.05) is 0 Å². The molecule has 0 atom stereocenters. The fourth-order valence-electron chi connectivity index (χ4n) is 1.71. The molecule has 0 aliphatic carbocycles. The molecule has 0 saturated carbocycles. The number of hydrogen-bond acceptors (Lipinski definition) is 7. The Morgan fingerprint density at radius 3 is 2.56 bits per heavy atom. The number of nitro groups is 1. The Kier molecular flexibility index (Phi) is 7.55. The molecular formula is C15H17N5O5. The fourth-order valence-corrected chi connectivity index (χ4v) is 1.71. The van der Waals surface area contributed by atoms with Gasteiger partial charge >= 0.3 is 6.09 Å². The van der Waals surface area contributed by atoms with Crippen LogP contribution >= 0.6 is 0 Å². The summed E-state index contributed by atoms with van der Waals surface area (Å²) in [5.41, 5.74) is 5.18. The van der Waals surface area contributed by atoms with Gasteiger partial charge < -0.3 is 15.8 Å². The summed E-state index contributed by atoms with van der Waals surface area (Å²) in [6.07, 6.45) is 0.315. The lowest BCUT2D eigenvalue weighted by Gasteiger charge is -2.17. The minimum absolute atomic E-state index is 0.0643. The van der Waals surface area contributed by atoms with Crippen molar-refractivity contribution in [2.75, 3.05) is 25.0 Å². The molecule has 3 N–H and O–H groups in total. The van der Waals surface area contributed by atoms with Crippen molar-refractivity contribution in [3.63, 3.8) is 0 Å². The van der Waals surface area contributed by atoms with Crippen LogP contribution in [0.15, 0.2) is 36.0 Å². The lowest BCUT2D eigenvalue weighted by Crippen LogP contribution is -2.32. The first-order valence-corrected chi connectivity index (χ1v) is 7.24. The summed E-state index contributed by atoms with van der Waals surface area (Å²) >= 11 is 0. The Morgan fingerprint density at radius 1 is 1.44 bits per heavy atom. The first kappa shape index (κ1) is 19.6. The zero-order chi connectivity index (χ0) is 18.8. The Labute approximate surface area is 143 Å². The van der Waals surface area contributed by atoms with E-state index in [-0.39, 0.29) is 36.6 Å². The molecule has 0 fully saturated rings. The van der Waals surface area contributed by atoms with Gasteiger partial charge in [0, 0.05) is 37.1 Å². The quantitative estimate of drug-likeness (QED) is 0.327. The number of nitro benzene ring substituents is 1. The summed E-state index contributed by atoms with van der Waals surface area (Å²) in [7, 11) is 0. The van der Waals surface area contributed by atoms with Crippen molar-refractivity contribution in [3.8, 4) is 6.07 Å². The number of carbonyl (C=O) groups is 2. The van der Waals surface area contributed by atoms with Gasteiger partial charge in [0.2, 0.25) is 0 Å². The predicted molar refractivity (Wildman–Crippen MR) is 88.2 cm³/mol. The number of non-ortho nitro benzene ring substituents is 1. The third kappa shape index (κ3) is 5.92. The smallest absolute Gasteiger partial charge is 0.413 e. The van der Waals surface area contributed by atoms with Gasteiger partial charge in [-0.25, -0.2) is 4.79 Å². The molecule has 132 valence electrons. The summed E-state index contributed by atoms with van der Waals surface area (Å²) < 4.78 is 4.82. The molecule has 1 aromatic rings. The highest BCUT2D eigenvalue weighted by atomic mass is 16.6. The van der Waals surface area contributed by atoms with E-state index in [0.717, 1.165) is 11.1 Å². The number of anilines is 1. The zero-order valence-electron chi connectivity index (χ0n) is 13.5. The average molecular weight is 347 g/mol. The lowest BCUT2D eigenvalue weighted by atomic mass is 10.2. The van der Waals surface area contributed by atoms with Crippen molar-refractivity contribution < 1.29 is 19.2 Å². The first-order valence-electron chi connectivity index (χ1n) is 7.24. The standard InChI is InChI=1S/C15H17N5O5/c1-2-25-15(22)19(8-7-16)10-11(9-17)14(21)18-12-3-5-13(6-4-12)20(23)24/h3-6,10H,2,7-8,16H2,1H3,(H,18,21)/b11-10-. The Bertz CT molecular complexity index is 708. The molecule has 0 unspecified atom stereocenters. The summed E-state index contributed by atoms with van der Waals surface area (Å²) in [5.74, 6) is -0.775. The monoisotopic (exact) mass is 347 g/mol. The maximum absolute atomic E-state index is 12.1. The molecule has 2 amide bonds. The fraction of sp³-hybridized carbons (Fsp3) is 0.267. The molecule has 25 heavy (non-hydrogen) atoms. The number of nitriles is 1. The molecule has 0 heterocycles. The van der Waals surface area contributed by atoms with E-state index in [2.05, 4.69) is 5.32 Å². The van der Waals surface area contributed by atoms with Gasteiger partial charge in [0.05, 0.1) is 11.5 Å². The van der Waals surface area contributed by atoms with E-state index in [0.29, 0.717) is 0 Å². The summed E-state index contributed by atoms with van der Waals surface area (Å²) in [6, 6.07) is 6.77. The van der Waals surface area contributed by atoms with Crippen LogP contribution in [0.3, 0.4) is 0 Å². The number of rotatable bonds is 7. The zero-order valence-corrected chi connectivity index (χ0v) is 13.5. The van der Waals surface area contributed by atoms with Gasteiger partial charge in [-0.15, -0.1) is 0 Å². The lowest BCUT2D eigenvalue weighted by molar-refractivity contribution is -0.384.